The lowest BCUT2D eigenvalue weighted by Gasteiger charge is -2.33. The summed E-state index contributed by atoms with van der Waals surface area (Å²) in [4.78, 5) is 16.5. The van der Waals surface area contributed by atoms with Crippen molar-refractivity contribution in [2.24, 2.45) is 5.92 Å². The number of pyridine rings is 1. The molecule has 2 heterocycles. The summed E-state index contributed by atoms with van der Waals surface area (Å²) in [5, 5.41) is 3.05. The Balaban J connectivity index is 1.96. The fraction of sp³-hybridized carbons (Fsp3) is 0.600. The zero-order chi connectivity index (χ0) is 16.4. The van der Waals surface area contributed by atoms with E-state index in [1.54, 1.807) is 12.4 Å². The first kappa shape index (κ1) is 16.9. The van der Waals surface area contributed by atoms with Crippen molar-refractivity contribution < 1.29 is 13.2 Å². The Hall–Kier alpha value is -1.47. The minimum Gasteiger partial charge on any atom is -0.347 e. The molecule has 1 aromatic rings. The molecule has 0 unspecified atom stereocenters. The van der Waals surface area contributed by atoms with Crippen LogP contribution in [0.15, 0.2) is 24.5 Å². The van der Waals surface area contributed by atoms with Gasteiger partial charge in [0.15, 0.2) is 0 Å². The number of nitrogens with one attached hydrogen (secondary N) is 1. The van der Waals surface area contributed by atoms with E-state index >= 15 is 0 Å². The Morgan fingerprint density at radius 3 is 2.50 bits per heavy atom. The molecule has 2 rings (SSSR count). The third-order valence-corrected chi connectivity index (χ3v) is 5.42. The molecule has 1 N–H and O–H groups in total. The second-order valence-corrected chi connectivity index (χ2v) is 8.27. The van der Waals surface area contributed by atoms with Crippen LogP contribution >= 0.6 is 0 Å². The molecule has 1 amide bonds. The van der Waals surface area contributed by atoms with E-state index in [4.69, 9.17) is 0 Å². The molecule has 0 aromatic carbocycles. The molecule has 7 heteroatoms. The quantitative estimate of drug-likeness (QED) is 0.899. The molecule has 22 heavy (non-hydrogen) atoms. The molecule has 6 nitrogen and oxygen atoms in total. The molecule has 1 aliphatic rings. The lowest BCUT2D eigenvalue weighted by atomic mass is 9.92. The summed E-state index contributed by atoms with van der Waals surface area (Å²) in [6.07, 6.45) is 5.76. The van der Waals surface area contributed by atoms with Gasteiger partial charge in [-0.3, -0.25) is 9.78 Å². The Morgan fingerprint density at radius 1 is 1.36 bits per heavy atom. The number of hydrogen-bond acceptors (Lipinski definition) is 4. The predicted octanol–water partition coefficient (Wildman–Crippen LogP) is 1.10. The topological polar surface area (TPSA) is 79.4 Å². The minimum atomic E-state index is -3.16. The van der Waals surface area contributed by atoms with Crippen LogP contribution in [0.3, 0.4) is 0 Å². The first-order chi connectivity index (χ1) is 10.2. The van der Waals surface area contributed by atoms with Crippen molar-refractivity contribution in [3.8, 4) is 0 Å². The van der Waals surface area contributed by atoms with Crippen molar-refractivity contribution in [1.29, 1.82) is 0 Å². The van der Waals surface area contributed by atoms with Crippen LogP contribution < -0.4 is 5.32 Å². The molecule has 0 atom stereocenters. The normalized spacial score (nSPS) is 18.1. The molecule has 122 valence electrons. The number of carbonyl (C=O) groups is 1. The minimum absolute atomic E-state index is 0.0259. The summed E-state index contributed by atoms with van der Waals surface area (Å²) in [7, 11) is -3.16. The van der Waals surface area contributed by atoms with E-state index < -0.39 is 15.6 Å². The van der Waals surface area contributed by atoms with Gasteiger partial charge in [-0.2, -0.15) is 0 Å². The van der Waals surface area contributed by atoms with E-state index in [9.17, 15) is 13.2 Å². The average molecular weight is 325 g/mol. The van der Waals surface area contributed by atoms with Gasteiger partial charge >= 0.3 is 0 Å². The highest BCUT2D eigenvalue weighted by molar-refractivity contribution is 7.88. The Morgan fingerprint density at radius 2 is 2.00 bits per heavy atom. The maximum Gasteiger partial charge on any atom is 0.223 e. The number of sulfonamides is 1. The lowest BCUT2D eigenvalue weighted by Crippen LogP contribution is -2.47. The number of rotatable bonds is 4. The maximum absolute atomic E-state index is 12.4. The second kappa shape index (κ2) is 6.34. The van der Waals surface area contributed by atoms with Crippen LogP contribution in [0, 0.1) is 5.92 Å². The fourth-order valence-electron chi connectivity index (χ4n) is 2.66. The zero-order valence-electron chi connectivity index (χ0n) is 13.2. The van der Waals surface area contributed by atoms with E-state index in [1.165, 1.54) is 10.6 Å². The van der Waals surface area contributed by atoms with E-state index in [0.29, 0.717) is 25.9 Å². The van der Waals surface area contributed by atoms with E-state index in [0.717, 1.165) is 5.56 Å². The summed E-state index contributed by atoms with van der Waals surface area (Å²) < 4.78 is 24.4. The summed E-state index contributed by atoms with van der Waals surface area (Å²) in [5.74, 6) is -0.170. The largest absolute Gasteiger partial charge is 0.347 e. The molecule has 0 saturated carbocycles. The van der Waals surface area contributed by atoms with Gasteiger partial charge < -0.3 is 5.32 Å². The van der Waals surface area contributed by atoms with Crippen LogP contribution in [0.5, 0.6) is 0 Å². The smallest absolute Gasteiger partial charge is 0.223 e. The molecular formula is C15H23N3O3S. The lowest BCUT2D eigenvalue weighted by molar-refractivity contribution is -0.127. The number of piperidine rings is 1. The molecule has 0 bridgehead atoms. The highest BCUT2D eigenvalue weighted by Crippen LogP contribution is 2.23. The van der Waals surface area contributed by atoms with Crippen molar-refractivity contribution in [1.82, 2.24) is 14.6 Å². The Labute approximate surface area is 132 Å². The van der Waals surface area contributed by atoms with E-state index in [1.807, 2.05) is 26.0 Å². The molecular weight excluding hydrogens is 302 g/mol. The van der Waals surface area contributed by atoms with Crippen molar-refractivity contribution in [2.45, 2.75) is 32.2 Å². The van der Waals surface area contributed by atoms with Crippen LogP contribution in [-0.4, -0.2) is 43.0 Å². The number of aromatic nitrogens is 1. The number of carbonyl (C=O) groups excluding carboxylic acids is 1. The summed E-state index contributed by atoms with van der Waals surface area (Å²) in [5.41, 5.74) is 0.441. The molecule has 1 fully saturated rings. The van der Waals surface area contributed by atoms with Crippen LogP contribution in [0.4, 0.5) is 0 Å². The highest BCUT2D eigenvalue weighted by atomic mass is 32.2. The number of hydrogen-bond donors (Lipinski definition) is 1. The molecule has 1 aliphatic heterocycles. The van der Waals surface area contributed by atoms with Crippen molar-refractivity contribution in [3.63, 3.8) is 0 Å². The van der Waals surface area contributed by atoms with Gasteiger partial charge in [-0.05, 0) is 38.3 Å². The van der Waals surface area contributed by atoms with Gasteiger partial charge in [-0.1, -0.05) is 6.07 Å². The fourth-order valence-corrected chi connectivity index (χ4v) is 3.54. The first-order valence-corrected chi connectivity index (χ1v) is 9.22. The van der Waals surface area contributed by atoms with Crippen LogP contribution in [0.1, 0.15) is 32.3 Å². The molecule has 1 aromatic heterocycles. The average Bonchev–Trinajstić information content (AvgIpc) is 2.47. The maximum atomic E-state index is 12.4. The van der Waals surface area contributed by atoms with Gasteiger partial charge in [0, 0.05) is 31.4 Å². The summed E-state index contributed by atoms with van der Waals surface area (Å²) in [6.45, 7) is 4.69. The molecule has 0 spiro atoms. The second-order valence-electron chi connectivity index (χ2n) is 6.29. The SMILES string of the molecule is CC(C)(NC(=O)C1CCN(S(C)(=O)=O)CC1)c1cccnc1. The number of amides is 1. The van der Waals surface area contributed by atoms with Gasteiger partial charge in [-0.15, -0.1) is 0 Å². The number of nitrogens with zero attached hydrogens (tertiary/aromatic N) is 2. The van der Waals surface area contributed by atoms with Crippen molar-refractivity contribution in [2.75, 3.05) is 19.3 Å². The molecule has 0 radical (unpaired) electrons. The highest BCUT2D eigenvalue weighted by Gasteiger charge is 2.32. The van der Waals surface area contributed by atoms with Gasteiger partial charge in [-0.25, -0.2) is 12.7 Å². The van der Waals surface area contributed by atoms with Crippen molar-refractivity contribution in [3.05, 3.63) is 30.1 Å². The summed E-state index contributed by atoms with van der Waals surface area (Å²) >= 11 is 0. The van der Waals surface area contributed by atoms with Gasteiger partial charge in [0.1, 0.15) is 0 Å². The van der Waals surface area contributed by atoms with Crippen LogP contribution in [0.2, 0.25) is 0 Å². The van der Waals surface area contributed by atoms with Gasteiger partial charge in [0.05, 0.1) is 11.8 Å². The van der Waals surface area contributed by atoms with Crippen LogP contribution in [0.25, 0.3) is 0 Å². The van der Waals surface area contributed by atoms with Crippen LogP contribution in [-0.2, 0) is 20.4 Å². The Kier molecular flexibility index (Phi) is 4.87. The first-order valence-electron chi connectivity index (χ1n) is 7.38. The monoisotopic (exact) mass is 325 g/mol. The van der Waals surface area contributed by atoms with Gasteiger partial charge in [0.25, 0.3) is 0 Å². The predicted molar refractivity (Wildman–Crippen MR) is 84.5 cm³/mol. The molecule has 1 saturated heterocycles. The third kappa shape index (κ3) is 4.04. The Bertz CT molecular complexity index is 621. The standard InChI is InChI=1S/C15H23N3O3S/c1-15(2,13-5-4-8-16-11-13)17-14(19)12-6-9-18(10-7-12)22(3,20)21/h4-5,8,11-12H,6-7,9-10H2,1-3H3,(H,17,19). The summed E-state index contributed by atoms with van der Waals surface area (Å²) in [6, 6.07) is 3.77. The zero-order valence-corrected chi connectivity index (χ0v) is 14.1. The molecule has 0 aliphatic carbocycles. The van der Waals surface area contributed by atoms with E-state index in [2.05, 4.69) is 10.3 Å². The van der Waals surface area contributed by atoms with E-state index in [-0.39, 0.29) is 11.8 Å². The van der Waals surface area contributed by atoms with Gasteiger partial charge in [0.2, 0.25) is 15.9 Å². The third-order valence-electron chi connectivity index (χ3n) is 4.11. The van der Waals surface area contributed by atoms with Crippen molar-refractivity contribution >= 4 is 15.9 Å².